The molecule has 0 saturated carbocycles. The van der Waals surface area contributed by atoms with E-state index in [1.54, 1.807) is 19.9 Å². The van der Waals surface area contributed by atoms with Crippen molar-refractivity contribution in [3.05, 3.63) is 57.5 Å². The van der Waals surface area contributed by atoms with Crippen molar-refractivity contribution >= 4 is 57.6 Å². The summed E-state index contributed by atoms with van der Waals surface area (Å²) < 4.78 is 9.30. The van der Waals surface area contributed by atoms with Gasteiger partial charge < -0.3 is 20.6 Å². The topological polar surface area (TPSA) is 192 Å². The number of nitrogens with two attached hydrogens (primary N) is 1. The molecule has 0 radical (unpaired) electrons. The highest BCUT2D eigenvalue weighted by atomic mass is 32.2. The molecule has 16 heteroatoms. The number of nitrogens with one attached hydrogen (secondary N) is 1. The fraction of sp³-hybridized carbons (Fsp3) is 0.333. The number of anilines is 1. The van der Waals surface area contributed by atoms with Crippen molar-refractivity contribution in [2.45, 2.75) is 38.0 Å². The lowest BCUT2D eigenvalue weighted by atomic mass is 10.0. The summed E-state index contributed by atoms with van der Waals surface area (Å²) in [6, 6.07) is 4.64. The van der Waals surface area contributed by atoms with E-state index < -0.39 is 34.1 Å². The number of nitrogen functional groups attached to an aromatic ring is 1. The summed E-state index contributed by atoms with van der Waals surface area (Å²) in [4.78, 5) is 59.3. The Bertz CT molecular complexity index is 1290. The normalized spacial score (nSPS) is 19.0. The number of hydrogen-bond donors (Lipinski definition) is 2. The van der Waals surface area contributed by atoms with Gasteiger partial charge in [0.15, 0.2) is 5.13 Å². The molecule has 3 heterocycles. The zero-order chi connectivity index (χ0) is 26.7. The van der Waals surface area contributed by atoms with Gasteiger partial charge in [0.1, 0.15) is 29.8 Å². The van der Waals surface area contributed by atoms with E-state index in [1.165, 1.54) is 40.9 Å². The van der Waals surface area contributed by atoms with Gasteiger partial charge in [-0.3, -0.25) is 24.6 Å². The summed E-state index contributed by atoms with van der Waals surface area (Å²) in [7, 11) is 0. The van der Waals surface area contributed by atoms with Gasteiger partial charge in [0.25, 0.3) is 17.5 Å². The number of ether oxygens (including phenoxy) is 1. The molecule has 1 saturated heterocycles. The molecule has 4 rings (SSSR count). The Kier molecular flexibility index (Phi) is 7.68. The maximum absolute atomic E-state index is 13.0. The molecule has 2 aliphatic rings. The number of carbonyl (C=O) groups excluding carboxylic acids is 3. The summed E-state index contributed by atoms with van der Waals surface area (Å²) >= 11 is 2.24. The van der Waals surface area contributed by atoms with Crippen molar-refractivity contribution in [3.63, 3.8) is 0 Å². The van der Waals surface area contributed by atoms with Crippen LogP contribution in [0.5, 0.6) is 0 Å². The number of rotatable bonds is 9. The third kappa shape index (κ3) is 5.69. The number of amides is 2. The molecule has 0 bridgehead atoms. The summed E-state index contributed by atoms with van der Waals surface area (Å²) in [6.45, 7) is 3.32. The van der Waals surface area contributed by atoms with E-state index in [9.17, 15) is 24.5 Å². The lowest BCUT2D eigenvalue weighted by molar-refractivity contribution is -0.384. The first-order valence-corrected chi connectivity index (χ1v) is 12.7. The van der Waals surface area contributed by atoms with Gasteiger partial charge in [-0.2, -0.15) is 9.36 Å². The minimum Gasteiger partial charge on any atom is -0.456 e. The Morgan fingerprint density at radius 3 is 2.70 bits per heavy atom. The molecule has 2 aromatic rings. The predicted molar refractivity (Wildman–Crippen MR) is 133 cm³/mol. The molecule has 2 unspecified atom stereocenters. The molecule has 194 valence electrons. The van der Waals surface area contributed by atoms with Crippen molar-refractivity contribution in [1.29, 1.82) is 0 Å². The number of hydrogen-bond acceptors (Lipinski definition) is 13. The zero-order valence-electron chi connectivity index (χ0n) is 19.5. The Labute approximate surface area is 218 Å². The Morgan fingerprint density at radius 1 is 1.35 bits per heavy atom. The van der Waals surface area contributed by atoms with Gasteiger partial charge in [-0.25, -0.2) is 4.79 Å². The number of aromatic nitrogens is 2. The summed E-state index contributed by atoms with van der Waals surface area (Å²) in [5.41, 5.74) is 5.92. The third-order valence-electron chi connectivity index (χ3n) is 5.08. The van der Waals surface area contributed by atoms with Crippen molar-refractivity contribution in [2.75, 3.05) is 11.5 Å². The molecular formula is C21H21N7O7S2. The van der Waals surface area contributed by atoms with E-state index in [-0.39, 0.29) is 40.8 Å². The van der Waals surface area contributed by atoms with E-state index in [2.05, 4.69) is 19.8 Å². The van der Waals surface area contributed by atoms with Crippen LogP contribution in [0.3, 0.4) is 0 Å². The van der Waals surface area contributed by atoms with Crippen LogP contribution in [0.4, 0.5) is 10.8 Å². The average molecular weight is 548 g/mol. The third-order valence-corrected chi connectivity index (χ3v) is 6.81. The van der Waals surface area contributed by atoms with Crippen LogP contribution in [0.1, 0.15) is 25.2 Å². The van der Waals surface area contributed by atoms with E-state index in [0.717, 1.165) is 11.5 Å². The first-order chi connectivity index (χ1) is 17.7. The molecule has 3 N–H and O–H groups in total. The number of nitrogens with zero attached hydrogens (tertiary/aromatic N) is 5. The van der Waals surface area contributed by atoms with E-state index in [1.807, 2.05) is 0 Å². The van der Waals surface area contributed by atoms with Gasteiger partial charge >= 0.3 is 5.97 Å². The quantitative estimate of drug-likeness (QED) is 0.151. The van der Waals surface area contributed by atoms with Crippen molar-refractivity contribution in [3.8, 4) is 0 Å². The molecule has 1 fully saturated rings. The molecule has 1 aromatic carbocycles. The fourth-order valence-electron chi connectivity index (χ4n) is 3.35. The Hall–Kier alpha value is -4.05. The molecule has 2 aliphatic heterocycles. The molecule has 1 aromatic heterocycles. The number of oxime groups is 1. The number of benzene rings is 1. The molecule has 0 spiro atoms. The number of non-ortho nitro benzene ring substituents is 1. The van der Waals surface area contributed by atoms with E-state index in [4.69, 9.17) is 15.3 Å². The smallest absolute Gasteiger partial charge is 0.355 e. The highest BCUT2D eigenvalue weighted by Crippen LogP contribution is 2.38. The summed E-state index contributed by atoms with van der Waals surface area (Å²) in [5.74, 6) is -1.58. The summed E-state index contributed by atoms with van der Waals surface area (Å²) in [6.07, 6.45) is 1.25. The number of esters is 1. The minimum absolute atomic E-state index is 0.0315. The van der Waals surface area contributed by atoms with E-state index in [0.29, 0.717) is 11.3 Å². The number of thioether (sulfide) groups is 1. The van der Waals surface area contributed by atoms with Crippen LogP contribution in [0.15, 0.2) is 41.2 Å². The first kappa shape index (κ1) is 26.0. The molecular weight excluding hydrogens is 526 g/mol. The van der Waals surface area contributed by atoms with Gasteiger partial charge in [0, 0.05) is 29.4 Å². The van der Waals surface area contributed by atoms with Gasteiger partial charge in [0.2, 0.25) is 11.5 Å². The second-order valence-corrected chi connectivity index (χ2v) is 9.96. The lowest BCUT2D eigenvalue weighted by Crippen LogP contribution is -2.70. The van der Waals surface area contributed by atoms with Gasteiger partial charge in [-0.15, -0.1) is 11.8 Å². The maximum atomic E-state index is 13.0. The molecule has 14 nitrogen and oxygen atoms in total. The second-order valence-electron chi connectivity index (χ2n) is 8.02. The van der Waals surface area contributed by atoms with Gasteiger partial charge in [0.05, 0.1) is 4.92 Å². The maximum Gasteiger partial charge on any atom is 0.355 e. The number of β-lactam (4-membered cyclic amide) rings is 1. The largest absolute Gasteiger partial charge is 0.456 e. The van der Waals surface area contributed by atoms with Crippen LogP contribution >= 0.6 is 23.3 Å². The number of carbonyl (C=O) groups is 3. The number of fused-ring (bicyclic) bond motifs is 1. The van der Waals surface area contributed by atoms with Crippen molar-refractivity contribution in [2.24, 2.45) is 5.16 Å². The monoisotopic (exact) mass is 547 g/mol. The number of nitro groups is 1. The number of nitro benzene ring substituents is 1. The molecule has 37 heavy (non-hydrogen) atoms. The van der Waals surface area contributed by atoms with Gasteiger partial charge in [-0.1, -0.05) is 5.16 Å². The SMILES string of the molecule is CC(C)O/N=C(/C(=O)NC1C(=O)N2C(C(=O)OCc3ccc([N+](=O)[O-])cc3)=CCSC12)c1nsc(N)n1. The van der Waals surface area contributed by atoms with Crippen LogP contribution in [-0.4, -0.2) is 65.9 Å². The fourth-order valence-corrected chi connectivity index (χ4v) is 4.98. The zero-order valence-corrected chi connectivity index (χ0v) is 21.2. The average Bonchev–Trinajstić information content (AvgIpc) is 3.30. The van der Waals surface area contributed by atoms with E-state index >= 15 is 0 Å². The highest BCUT2D eigenvalue weighted by Gasteiger charge is 2.53. The predicted octanol–water partition coefficient (Wildman–Crippen LogP) is 1.18. The van der Waals surface area contributed by atoms with Gasteiger partial charge in [-0.05, 0) is 37.6 Å². The van der Waals surface area contributed by atoms with Crippen LogP contribution < -0.4 is 11.1 Å². The summed E-state index contributed by atoms with van der Waals surface area (Å²) in [5, 5.41) is 16.8. The lowest BCUT2D eigenvalue weighted by Gasteiger charge is -2.48. The van der Waals surface area contributed by atoms with Crippen LogP contribution in [0, 0.1) is 10.1 Å². The van der Waals surface area contributed by atoms with Crippen molar-refractivity contribution < 1.29 is 28.9 Å². The molecule has 2 atom stereocenters. The minimum atomic E-state index is -0.927. The first-order valence-electron chi connectivity index (χ1n) is 10.8. The Balaban J connectivity index is 1.40. The highest BCUT2D eigenvalue weighted by molar-refractivity contribution is 8.00. The van der Waals surface area contributed by atoms with Crippen LogP contribution in [0.25, 0.3) is 0 Å². The van der Waals surface area contributed by atoms with Crippen molar-refractivity contribution in [1.82, 2.24) is 19.6 Å². The molecule has 2 amide bonds. The van der Waals surface area contributed by atoms with Crippen LogP contribution in [0.2, 0.25) is 0 Å². The standard InChI is InChI=1S/C21H21N7O7S2/c1-10(2)35-25-14(16-24-21(22)37-26-16)17(29)23-15-18(30)27-13(7-8-36-19(15)27)20(31)34-9-11-3-5-12(6-4-11)28(32)33/h3-7,10,15,19H,8-9H2,1-2H3,(H,23,29)(H2,22,24,26)/b25-14+. The second kappa shape index (κ2) is 10.9. The molecule has 0 aliphatic carbocycles. The van der Waals surface area contributed by atoms with Crippen LogP contribution in [-0.2, 0) is 30.6 Å². The Morgan fingerprint density at radius 2 is 2.08 bits per heavy atom.